The van der Waals surface area contributed by atoms with E-state index in [2.05, 4.69) is 10.6 Å². The van der Waals surface area contributed by atoms with E-state index in [4.69, 9.17) is 27.9 Å². The third-order valence-corrected chi connectivity index (χ3v) is 5.17. The van der Waals surface area contributed by atoms with Gasteiger partial charge in [0.15, 0.2) is 6.61 Å². The minimum Gasteiger partial charge on any atom is -0.482 e. The Morgan fingerprint density at radius 3 is 2.39 bits per heavy atom. The maximum Gasteiger partial charge on any atom is 0.262 e. The highest BCUT2D eigenvalue weighted by atomic mass is 35.5. The van der Waals surface area contributed by atoms with Gasteiger partial charge in [-0.2, -0.15) is 0 Å². The van der Waals surface area contributed by atoms with Gasteiger partial charge in [-0.05, 0) is 49.2 Å². The molecule has 0 atom stereocenters. The fourth-order valence-electron chi connectivity index (χ4n) is 3.22. The number of carbonyl (C=O) groups is 2. The van der Waals surface area contributed by atoms with Crippen LogP contribution in [0.2, 0.25) is 10.0 Å². The van der Waals surface area contributed by atoms with Crippen LogP contribution in [0.15, 0.2) is 42.5 Å². The molecule has 0 bridgehead atoms. The van der Waals surface area contributed by atoms with E-state index in [1.165, 1.54) is 6.42 Å². The first-order valence-corrected chi connectivity index (χ1v) is 10.1. The van der Waals surface area contributed by atoms with Gasteiger partial charge in [-0.15, -0.1) is 0 Å². The number of anilines is 2. The second-order valence-corrected chi connectivity index (χ2v) is 7.66. The highest BCUT2D eigenvalue weighted by molar-refractivity contribution is 6.35. The summed E-state index contributed by atoms with van der Waals surface area (Å²) in [6, 6.07) is 11.9. The zero-order valence-corrected chi connectivity index (χ0v) is 16.9. The summed E-state index contributed by atoms with van der Waals surface area (Å²) < 4.78 is 5.43. The van der Waals surface area contributed by atoms with Crippen molar-refractivity contribution in [1.29, 1.82) is 0 Å². The molecule has 2 N–H and O–H groups in total. The highest BCUT2D eigenvalue weighted by Crippen LogP contribution is 2.28. The lowest BCUT2D eigenvalue weighted by Gasteiger charge is -2.20. The van der Waals surface area contributed by atoms with E-state index in [0.717, 1.165) is 25.7 Å². The summed E-state index contributed by atoms with van der Waals surface area (Å²) in [5, 5.41) is 6.53. The van der Waals surface area contributed by atoms with Gasteiger partial charge in [-0.25, -0.2) is 0 Å². The molecule has 1 aliphatic carbocycles. The van der Waals surface area contributed by atoms with Crippen molar-refractivity contribution < 1.29 is 14.3 Å². The van der Waals surface area contributed by atoms with Crippen LogP contribution >= 0.6 is 23.2 Å². The van der Waals surface area contributed by atoms with Gasteiger partial charge in [-0.3, -0.25) is 9.59 Å². The molecule has 0 radical (unpaired) electrons. The first-order chi connectivity index (χ1) is 13.5. The quantitative estimate of drug-likeness (QED) is 0.645. The lowest BCUT2D eigenvalue weighted by molar-refractivity contribution is -0.120. The average molecular weight is 421 g/mol. The second kappa shape index (κ2) is 9.80. The molecule has 2 amide bonds. The molecule has 7 heteroatoms. The van der Waals surface area contributed by atoms with Gasteiger partial charge >= 0.3 is 0 Å². The third kappa shape index (κ3) is 5.88. The number of hydrogen-bond acceptors (Lipinski definition) is 3. The number of carbonyl (C=O) groups excluding carboxylic acids is 2. The molecule has 0 unspecified atom stereocenters. The fraction of sp³-hybridized carbons (Fsp3) is 0.333. The van der Waals surface area contributed by atoms with Crippen molar-refractivity contribution in [2.45, 2.75) is 32.1 Å². The first-order valence-electron chi connectivity index (χ1n) is 9.30. The number of amides is 2. The van der Waals surface area contributed by atoms with Gasteiger partial charge in [0.25, 0.3) is 5.91 Å². The molecule has 1 aliphatic rings. The number of nitrogens with one attached hydrogen (secondary N) is 2. The summed E-state index contributed by atoms with van der Waals surface area (Å²) >= 11 is 11.9. The SMILES string of the molecule is O=C(COc1ccc(Cl)cc1Cl)Nc1cccc(NC(=O)C2CCCCC2)c1. The van der Waals surface area contributed by atoms with E-state index in [-0.39, 0.29) is 24.3 Å². The van der Waals surface area contributed by atoms with Gasteiger partial charge in [0.05, 0.1) is 5.02 Å². The summed E-state index contributed by atoms with van der Waals surface area (Å²) in [7, 11) is 0. The van der Waals surface area contributed by atoms with E-state index in [0.29, 0.717) is 27.2 Å². The zero-order valence-electron chi connectivity index (χ0n) is 15.3. The zero-order chi connectivity index (χ0) is 19.9. The topological polar surface area (TPSA) is 67.4 Å². The van der Waals surface area contributed by atoms with Crippen molar-refractivity contribution in [3.63, 3.8) is 0 Å². The molecule has 0 heterocycles. The molecule has 0 aliphatic heterocycles. The van der Waals surface area contributed by atoms with E-state index < -0.39 is 0 Å². The Bertz CT molecular complexity index is 851. The minimum absolute atomic E-state index is 0.0453. The van der Waals surface area contributed by atoms with Crippen LogP contribution in [-0.4, -0.2) is 18.4 Å². The van der Waals surface area contributed by atoms with Gasteiger partial charge in [-0.1, -0.05) is 48.5 Å². The van der Waals surface area contributed by atoms with Crippen LogP contribution in [0.3, 0.4) is 0 Å². The van der Waals surface area contributed by atoms with Crippen molar-refractivity contribution >= 4 is 46.4 Å². The Balaban J connectivity index is 1.53. The molecule has 2 aromatic rings. The van der Waals surface area contributed by atoms with Gasteiger partial charge < -0.3 is 15.4 Å². The van der Waals surface area contributed by atoms with Crippen LogP contribution in [-0.2, 0) is 9.59 Å². The predicted octanol–water partition coefficient (Wildman–Crippen LogP) is 5.53. The number of rotatable bonds is 6. The molecule has 3 rings (SSSR count). The summed E-state index contributed by atoms with van der Waals surface area (Å²) in [5.41, 5.74) is 1.24. The average Bonchev–Trinajstić information content (AvgIpc) is 2.68. The van der Waals surface area contributed by atoms with E-state index >= 15 is 0 Å². The van der Waals surface area contributed by atoms with Crippen molar-refractivity contribution in [3.8, 4) is 5.75 Å². The summed E-state index contributed by atoms with van der Waals surface area (Å²) in [4.78, 5) is 24.5. The Kier molecular flexibility index (Phi) is 7.18. The molecular formula is C21H22Cl2N2O3. The first kappa shape index (κ1) is 20.5. The summed E-state index contributed by atoms with van der Waals surface area (Å²) in [6.07, 6.45) is 5.28. The molecular weight excluding hydrogens is 399 g/mol. The molecule has 148 valence electrons. The van der Waals surface area contributed by atoms with Crippen LogP contribution in [0.25, 0.3) is 0 Å². The van der Waals surface area contributed by atoms with Crippen molar-refractivity contribution in [2.75, 3.05) is 17.2 Å². The van der Waals surface area contributed by atoms with Crippen LogP contribution in [0.5, 0.6) is 5.75 Å². The molecule has 2 aromatic carbocycles. The Morgan fingerprint density at radius 1 is 0.964 bits per heavy atom. The van der Waals surface area contributed by atoms with Gasteiger partial charge in [0, 0.05) is 22.3 Å². The predicted molar refractivity (Wildman–Crippen MR) is 112 cm³/mol. The van der Waals surface area contributed by atoms with Crippen molar-refractivity contribution in [3.05, 3.63) is 52.5 Å². The number of benzene rings is 2. The molecule has 0 saturated heterocycles. The second-order valence-electron chi connectivity index (χ2n) is 6.82. The van der Waals surface area contributed by atoms with Crippen LogP contribution in [0.1, 0.15) is 32.1 Å². The van der Waals surface area contributed by atoms with Crippen LogP contribution in [0, 0.1) is 5.92 Å². The molecule has 5 nitrogen and oxygen atoms in total. The minimum atomic E-state index is -0.332. The van der Waals surface area contributed by atoms with Gasteiger partial charge in [0.1, 0.15) is 5.75 Å². The van der Waals surface area contributed by atoms with E-state index in [1.807, 2.05) is 0 Å². The summed E-state index contributed by atoms with van der Waals surface area (Å²) in [6.45, 7) is -0.194. The standard InChI is InChI=1S/C21H22Cl2N2O3/c22-15-9-10-19(18(23)11-15)28-13-20(26)24-16-7-4-8-17(12-16)25-21(27)14-5-2-1-3-6-14/h4,7-12,14H,1-3,5-6,13H2,(H,24,26)(H,25,27). The van der Waals surface area contributed by atoms with Crippen molar-refractivity contribution in [1.82, 2.24) is 0 Å². The van der Waals surface area contributed by atoms with Gasteiger partial charge in [0.2, 0.25) is 5.91 Å². The molecule has 1 saturated carbocycles. The van der Waals surface area contributed by atoms with E-state index in [1.54, 1.807) is 42.5 Å². The molecule has 1 fully saturated rings. The van der Waals surface area contributed by atoms with Crippen LogP contribution < -0.4 is 15.4 Å². The smallest absolute Gasteiger partial charge is 0.262 e. The highest BCUT2D eigenvalue weighted by Gasteiger charge is 2.21. The molecule has 0 spiro atoms. The lowest BCUT2D eigenvalue weighted by atomic mass is 9.88. The molecule has 28 heavy (non-hydrogen) atoms. The lowest BCUT2D eigenvalue weighted by Crippen LogP contribution is -2.25. The number of hydrogen-bond donors (Lipinski definition) is 2. The van der Waals surface area contributed by atoms with Crippen LogP contribution in [0.4, 0.5) is 11.4 Å². The fourth-order valence-corrected chi connectivity index (χ4v) is 3.68. The largest absolute Gasteiger partial charge is 0.482 e. The Hall–Kier alpha value is -2.24. The normalized spacial score (nSPS) is 14.4. The maximum absolute atomic E-state index is 12.4. The maximum atomic E-state index is 12.4. The van der Waals surface area contributed by atoms with Crippen molar-refractivity contribution in [2.24, 2.45) is 5.92 Å². The number of halogens is 2. The number of ether oxygens (including phenoxy) is 1. The third-order valence-electron chi connectivity index (χ3n) is 4.64. The Labute approximate surface area is 174 Å². The Morgan fingerprint density at radius 2 is 1.68 bits per heavy atom. The molecule has 0 aromatic heterocycles. The summed E-state index contributed by atoms with van der Waals surface area (Å²) in [5.74, 6) is 0.171. The monoisotopic (exact) mass is 420 g/mol. The van der Waals surface area contributed by atoms with E-state index in [9.17, 15) is 9.59 Å².